The smallest absolute Gasteiger partial charge is 0.249 e. The van der Waals surface area contributed by atoms with Gasteiger partial charge in [0, 0.05) is 6.61 Å². The fraction of sp³-hybridized carbons (Fsp3) is 0.615. The van der Waals surface area contributed by atoms with Gasteiger partial charge in [0.25, 0.3) is 0 Å². The number of rotatable bonds is 4. The van der Waals surface area contributed by atoms with Crippen LogP contribution in [-0.2, 0) is 15.1 Å². The second kappa shape index (κ2) is 5.12. The van der Waals surface area contributed by atoms with Crippen LogP contribution < -0.4 is 5.32 Å². The Morgan fingerprint density at radius 3 is 2.94 bits per heavy atom. The number of furan rings is 1. The molecule has 1 saturated heterocycles. The number of carbonyl (C=O) groups is 1. The zero-order chi connectivity index (χ0) is 13.2. The van der Waals surface area contributed by atoms with Crippen LogP contribution in [0.4, 0.5) is 0 Å². The fourth-order valence-electron chi connectivity index (χ4n) is 1.97. The van der Waals surface area contributed by atoms with E-state index >= 15 is 0 Å². The van der Waals surface area contributed by atoms with Crippen LogP contribution >= 0.6 is 0 Å². The summed E-state index contributed by atoms with van der Waals surface area (Å²) in [5.41, 5.74) is -1.21. The summed E-state index contributed by atoms with van der Waals surface area (Å²) in [6, 6.07) is 3.50. The van der Waals surface area contributed by atoms with E-state index in [1.165, 1.54) is 0 Å². The lowest BCUT2D eigenvalue weighted by atomic mass is 10.0. The Bertz CT molecular complexity index is 418. The summed E-state index contributed by atoms with van der Waals surface area (Å²) >= 11 is 0. The fourth-order valence-corrected chi connectivity index (χ4v) is 1.97. The number of hydrogen-bond donors (Lipinski definition) is 2. The van der Waals surface area contributed by atoms with E-state index in [1.54, 1.807) is 19.1 Å². The molecule has 0 spiro atoms. The number of carbonyl (C=O) groups excluding carboxylic acids is 1. The molecule has 1 aromatic rings. The molecule has 0 aliphatic carbocycles. The number of aryl methyl sites for hydroxylation is 1. The molecular formula is C13H19NO4. The van der Waals surface area contributed by atoms with E-state index in [-0.39, 0.29) is 18.6 Å². The molecule has 0 bridgehead atoms. The first-order valence-electron chi connectivity index (χ1n) is 6.18. The molecule has 2 unspecified atom stereocenters. The van der Waals surface area contributed by atoms with E-state index < -0.39 is 5.60 Å². The van der Waals surface area contributed by atoms with Gasteiger partial charge < -0.3 is 19.6 Å². The highest BCUT2D eigenvalue weighted by molar-refractivity contribution is 5.81. The molecule has 5 nitrogen and oxygen atoms in total. The van der Waals surface area contributed by atoms with Gasteiger partial charge in [0.05, 0.1) is 6.54 Å². The van der Waals surface area contributed by atoms with Gasteiger partial charge in [0.2, 0.25) is 5.91 Å². The molecule has 2 heterocycles. The quantitative estimate of drug-likeness (QED) is 0.842. The second-order valence-electron chi connectivity index (χ2n) is 4.90. The highest BCUT2D eigenvalue weighted by atomic mass is 16.5. The first-order chi connectivity index (χ1) is 8.49. The Kier molecular flexibility index (Phi) is 3.73. The van der Waals surface area contributed by atoms with E-state index in [4.69, 9.17) is 9.15 Å². The van der Waals surface area contributed by atoms with Crippen molar-refractivity contribution < 1.29 is 19.1 Å². The molecule has 1 aliphatic heterocycles. The molecule has 18 heavy (non-hydrogen) atoms. The van der Waals surface area contributed by atoms with Crippen LogP contribution in [0.3, 0.4) is 0 Å². The monoisotopic (exact) mass is 253 g/mol. The second-order valence-corrected chi connectivity index (χ2v) is 4.90. The lowest BCUT2D eigenvalue weighted by Gasteiger charge is -2.22. The molecule has 5 heteroatoms. The molecule has 1 aliphatic rings. The van der Waals surface area contributed by atoms with Gasteiger partial charge in [-0.25, -0.2) is 0 Å². The molecule has 0 radical (unpaired) electrons. The average Bonchev–Trinajstić information content (AvgIpc) is 2.96. The summed E-state index contributed by atoms with van der Waals surface area (Å²) in [5, 5.41) is 12.9. The number of ether oxygens (including phenoxy) is 1. The van der Waals surface area contributed by atoms with Crippen molar-refractivity contribution in [2.45, 2.75) is 38.4 Å². The lowest BCUT2D eigenvalue weighted by Crippen LogP contribution is -2.42. The van der Waals surface area contributed by atoms with Crippen molar-refractivity contribution in [3.8, 4) is 0 Å². The van der Waals surface area contributed by atoms with Gasteiger partial charge in [0.1, 0.15) is 23.2 Å². The highest BCUT2D eigenvalue weighted by Gasteiger charge is 2.30. The molecule has 1 aromatic heterocycles. The van der Waals surface area contributed by atoms with E-state index in [9.17, 15) is 9.90 Å². The van der Waals surface area contributed by atoms with Crippen molar-refractivity contribution in [2.75, 3.05) is 13.2 Å². The minimum absolute atomic E-state index is 0.110. The Labute approximate surface area is 106 Å². The number of hydrogen-bond acceptors (Lipinski definition) is 4. The molecule has 2 atom stereocenters. The SMILES string of the molecule is Cc1ccc(C(C)(O)CNC(=O)C2CCCO2)o1. The summed E-state index contributed by atoms with van der Waals surface area (Å²) in [6.45, 7) is 4.16. The summed E-state index contributed by atoms with van der Waals surface area (Å²) in [5.74, 6) is 1.01. The van der Waals surface area contributed by atoms with Crippen LogP contribution in [0.1, 0.15) is 31.3 Å². The van der Waals surface area contributed by atoms with Crippen molar-refractivity contribution in [2.24, 2.45) is 0 Å². The molecule has 100 valence electrons. The predicted molar refractivity (Wildman–Crippen MR) is 65.0 cm³/mol. The first-order valence-corrected chi connectivity index (χ1v) is 6.18. The van der Waals surface area contributed by atoms with Gasteiger partial charge in [-0.2, -0.15) is 0 Å². The van der Waals surface area contributed by atoms with Crippen molar-refractivity contribution in [3.63, 3.8) is 0 Å². The zero-order valence-electron chi connectivity index (χ0n) is 10.7. The normalized spacial score (nSPS) is 22.7. The summed E-state index contributed by atoms with van der Waals surface area (Å²) < 4.78 is 10.6. The van der Waals surface area contributed by atoms with Crippen LogP contribution in [-0.4, -0.2) is 30.3 Å². The minimum atomic E-state index is -1.21. The predicted octanol–water partition coefficient (Wildman–Crippen LogP) is 1.09. The van der Waals surface area contributed by atoms with Gasteiger partial charge >= 0.3 is 0 Å². The van der Waals surface area contributed by atoms with Gasteiger partial charge in [-0.15, -0.1) is 0 Å². The Balaban J connectivity index is 1.90. The molecule has 0 saturated carbocycles. The summed E-state index contributed by atoms with van der Waals surface area (Å²) in [7, 11) is 0. The largest absolute Gasteiger partial charge is 0.463 e. The third-order valence-electron chi connectivity index (χ3n) is 3.10. The Hall–Kier alpha value is -1.33. The maximum atomic E-state index is 11.8. The van der Waals surface area contributed by atoms with E-state index in [0.29, 0.717) is 12.4 Å². The van der Waals surface area contributed by atoms with Crippen molar-refractivity contribution >= 4 is 5.91 Å². The van der Waals surface area contributed by atoms with Crippen LogP contribution in [0.15, 0.2) is 16.5 Å². The molecule has 2 rings (SSSR count). The maximum absolute atomic E-state index is 11.8. The van der Waals surface area contributed by atoms with Gasteiger partial charge in [0.15, 0.2) is 0 Å². The molecule has 1 fully saturated rings. The van der Waals surface area contributed by atoms with Gasteiger partial charge in [-0.05, 0) is 38.8 Å². The van der Waals surface area contributed by atoms with Crippen molar-refractivity contribution in [1.29, 1.82) is 0 Å². The molecule has 0 aromatic carbocycles. The van der Waals surface area contributed by atoms with Gasteiger partial charge in [-0.1, -0.05) is 0 Å². The summed E-state index contributed by atoms with van der Waals surface area (Å²) in [6.07, 6.45) is 1.28. The summed E-state index contributed by atoms with van der Waals surface area (Å²) in [4.78, 5) is 11.8. The molecule has 2 N–H and O–H groups in total. The van der Waals surface area contributed by atoms with E-state index in [1.807, 2.05) is 6.92 Å². The molecule has 1 amide bonds. The number of amides is 1. The van der Waals surface area contributed by atoms with Crippen LogP contribution in [0.2, 0.25) is 0 Å². The third kappa shape index (κ3) is 2.91. The highest BCUT2D eigenvalue weighted by Crippen LogP contribution is 2.22. The third-order valence-corrected chi connectivity index (χ3v) is 3.10. The zero-order valence-corrected chi connectivity index (χ0v) is 10.7. The number of aliphatic hydroxyl groups is 1. The first kappa shape index (κ1) is 13.1. The average molecular weight is 253 g/mol. The number of nitrogens with one attached hydrogen (secondary N) is 1. The lowest BCUT2D eigenvalue weighted by molar-refractivity contribution is -0.131. The minimum Gasteiger partial charge on any atom is -0.463 e. The standard InChI is InChI=1S/C13H19NO4/c1-9-5-6-11(18-9)13(2,16)8-14-12(15)10-4-3-7-17-10/h5-6,10,16H,3-4,7-8H2,1-2H3,(H,14,15). The van der Waals surface area contributed by atoms with Crippen molar-refractivity contribution in [1.82, 2.24) is 5.32 Å². The maximum Gasteiger partial charge on any atom is 0.249 e. The van der Waals surface area contributed by atoms with Crippen molar-refractivity contribution in [3.05, 3.63) is 23.7 Å². The Morgan fingerprint density at radius 1 is 1.61 bits per heavy atom. The molecular weight excluding hydrogens is 234 g/mol. The van der Waals surface area contributed by atoms with Crippen LogP contribution in [0, 0.1) is 6.92 Å². The topological polar surface area (TPSA) is 71.7 Å². The van der Waals surface area contributed by atoms with E-state index in [2.05, 4.69) is 5.32 Å². The van der Waals surface area contributed by atoms with E-state index in [0.717, 1.165) is 18.6 Å². The van der Waals surface area contributed by atoms with Gasteiger partial charge in [-0.3, -0.25) is 4.79 Å². The van der Waals surface area contributed by atoms with Crippen LogP contribution in [0.5, 0.6) is 0 Å². The Morgan fingerprint density at radius 2 is 2.39 bits per heavy atom. The van der Waals surface area contributed by atoms with Crippen LogP contribution in [0.25, 0.3) is 0 Å².